The number of imide groups is 1. The Morgan fingerprint density at radius 2 is 1.57 bits per heavy atom. The minimum Gasteiger partial charge on any atom is -0.341 e. The maximum absolute atomic E-state index is 13.1. The molecule has 162 valence electrons. The van der Waals surface area contributed by atoms with Gasteiger partial charge in [0.1, 0.15) is 0 Å². The average Bonchev–Trinajstić information content (AvgIpc) is 2.86. The van der Waals surface area contributed by atoms with Crippen LogP contribution in [0.25, 0.3) is 0 Å². The van der Waals surface area contributed by atoms with Crippen molar-refractivity contribution in [2.24, 2.45) is 0 Å². The molecule has 4 amide bonds. The highest BCUT2D eigenvalue weighted by Crippen LogP contribution is 2.30. The number of carbonyl (C=O) groups excluding carboxylic acids is 4. The fourth-order valence-corrected chi connectivity index (χ4v) is 4.02. The molecule has 0 aromatic heterocycles. The Morgan fingerprint density at radius 3 is 2.23 bits per heavy atom. The summed E-state index contributed by atoms with van der Waals surface area (Å²) in [6, 6.07) is 4.74. The third-order valence-corrected chi connectivity index (χ3v) is 5.68. The predicted octanol–water partition coefficient (Wildman–Crippen LogP) is 2.95. The molecule has 0 saturated carbocycles. The molecule has 0 atom stereocenters. The van der Waals surface area contributed by atoms with E-state index in [1.165, 1.54) is 4.90 Å². The molecule has 1 saturated heterocycles. The Bertz CT molecular complexity index is 872. The van der Waals surface area contributed by atoms with Crippen LogP contribution in [0, 0.1) is 0 Å². The van der Waals surface area contributed by atoms with E-state index in [9.17, 15) is 19.2 Å². The van der Waals surface area contributed by atoms with Crippen molar-refractivity contribution in [1.29, 1.82) is 0 Å². The minimum atomic E-state index is -0.629. The summed E-state index contributed by atoms with van der Waals surface area (Å²) in [6.07, 6.45) is 3.14. The third-order valence-electron chi connectivity index (χ3n) is 5.68. The zero-order valence-electron chi connectivity index (χ0n) is 18.4. The lowest BCUT2D eigenvalue weighted by atomic mass is 10.0. The summed E-state index contributed by atoms with van der Waals surface area (Å²) >= 11 is 0. The van der Waals surface area contributed by atoms with Crippen LogP contribution in [-0.4, -0.2) is 70.0 Å². The van der Waals surface area contributed by atoms with Crippen molar-refractivity contribution in [2.45, 2.75) is 58.9 Å². The van der Waals surface area contributed by atoms with Crippen molar-refractivity contribution in [1.82, 2.24) is 14.7 Å². The molecule has 0 N–H and O–H groups in total. The quantitative estimate of drug-likeness (QED) is 0.711. The summed E-state index contributed by atoms with van der Waals surface area (Å²) in [5, 5.41) is 0. The number of carbonyl (C=O) groups is 4. The smallest absolute Gasteiger partial charge is 0.262 e. The first-order chi connectivity index (χ1) is 14.1. The Kier molecular flexibility index (Phi) is 6.29. The normalized spacial score (nSPS) is 17.3. The predicted molar refractivity (Wildman–Crippen MR) is 113 cm³/mol. The molecular formula is C23H31N3O4. The summed E-state index contributed by atoms with van der Waals surface area (Å²) in [7, 11) is 0. The molecule has 7 nitrogen and oxygen atoms in total. The lowest BCUT2D eigenvalue weighted by Gasteiger charge is -2.29. The van der Waals surface area contributed by atoms with Crippen molar-refractivity contribution in [3.63, 3.8) is 0 Å². The van der Waals surface area contributed by atoms with E-state index in [0.29, 0.717) is 43.7 Å². The monoisotopic (exact) mass is 413 g/mol. The molecule has 3 rings (SSSR count). The first kappa shape index (κ1) is 22.0. The van der Waals surface area contributed by atoms with E-state index in [1.54, 1.807) is 23.1 Å². The van der Waals surface area contributed by atoms with Crippen molar-refractivity contribution in [3.05, 3.63) is 34.9 Å². The molecule has 1 fully saturated rings. The van der Waals surface area contributed by atoms with E-state index in [0.717, 1.165) is 19.3 Å². The zero-order valence-corrected chi connectivity index (χ0v) is 18.4. The largest absolute Gasteiger partial charge is 0.341 e. The number of fused-ring (bicyclic) bond motifs is 1. The molecule has 0 radical (unpaired) electrons. The summed E-state index contributed by atoms with van der Waals surface area (Å²) in [5.74, 6) is -0.705. The lowest BCUT2D eigenvalue weighted by Crippen LogP contribution is -2.45. The van der Waals surface area contributed by atoms with Crippen LogP contribution < -0.4 is 0 Å². The molecule has 0 spiro atoms. The second-order valence-electron chi connectivity index (χ2n) is 9.01. The van der Waals surface area contributed by atoms with Gasteiger partial charge in [0.05, 0.1) is 11.1 Å². The molecule has 1 aromatic rings. The van der Waals surface area contributed by atoms with Gasteiger partial charge in [-0.2, -0.15) is 0 Å². The van der Waals surface area contributed by atoms with E-state index in [1.807, 2.05) is 25.7 Å². The fourth-order valence-electron chi connectivity index (χ4n) is 4.02. The molecule has 30 heavy (non-hydrogen) atoms. The first-order valence-electron chi connectivity index (χ1n) is 10.7. The van der Waals surface area contributed by atoms with Crippen molar-refractivity contribution < 1.29 is 19.2 Å². The number of amides is 4. The second kappa shape index (κ2) is 8.58. The van der Waals surface area contributed by atoms with Gasteiger partial charge in [0.15, 0.2) is 0 Å². The first-order valence-corrected chi connectivity index (χ1v) is 10.7. The Hall–Kier alpha value is -2.70. The second-order valence-corrected chi connectivity index (χ2v) is 9.01. The van der Waals surface area contributed by atoms with Gasteiger partial charge >= 0.3 is 0 Å². The van der Waals surface area contributed by atoms with Gasteiger partial charge < -0.3 is 9.80 Å². The van der Waals surface area contributed by atoms with Crippen LogP contribution in [0.3, 0.4) is 0 Å². The third kappa shape index (κ3) is 4.25. The van der Waals surface area contributed by atoms with E-state index in [-0.39, 0.29) is 29.2 Å². The fraction of sp³-hybridized carbons (Fsp3) is 0.565. The van der Waals surface area contributed by atoms with Gasteiger partial charge in [0.2, 0.25) is 5.91 Å². The zero-order chi connectivity index (χ0) is 22.1. The van der Waals surface area contributed by atoms with Gasteiger partial charge in [0.25, 0.3) is 17.7 Å². The average molecular weight is 414 g/mol. The van der Waals surface area contributed by atoms with Crippen LogP contribution in [0.2, 0.25) is 0 Å². The van der Waals surface area contributed by atoms with Crippen LogP contribution in [0.5, 0.6) is 0 Å². The van der Waals surface area contributed by atoms with Crippen LogP contribution in [-0.2, 0) is 4.79 Å². The van der Waals surface area contributed by atoms with E-state index in [2.05, 4.69) is 6.92 Å². The summed E-state index contributed by atoms with van der Waals surface area (Å²) in [4.78, 5) is 55.6. The molecule has 0 bridgehead atoms. The number of benzene rings is 1. The molecule has 2 aliphatic heterocycles. The highest BCUT2D eigenvalue weighted by atomic mass is 16.2. The van der Waals surface area contributed by atoms with Crippen LogP contribution in [0.1, 0.15) is 84.5 Å². The number of hydrogen-bond donors (Lipinski definition) is 0. The van der Waals surface area contributed by atoms with Crippen molar-refractivity contribution >= 4 is 23.6 Å². The Balaban J connectivity index is 1.73. The van der Waals surface area contributed by atoms with Crippen LogP contribution >= 0.6 is 0 Å². The van der Waals surface area contributed by atoms with Crippen molar-refractivity contribution in [2.75, 3.05) is 26.2 Å². The standard InChI is InChI=1S/C23H31N3O4/c1-5-6-8-19(27)24-11-7-12-25(14-13-24)20(28)16-9-10-17-18(15-16)22(30)26(21(17)29)23(2,3)4/h9-10,15H,5-8,11-14H2,1-4H3. The molecule has 0 aliphatic carbocycles. The number of nitrogens with zero attached hydrogens (tertiary/aromatic N) is 3. The van der Waals surface area contributed by atoms with Crippen LogP contribution in [0.15, 0.2) is 18.2 Å². The minimum absolute atomic E-state index is 0.148. The maximum atomic E-state index is 13.1. The molecule has 1 aromatic carbocycles. The number of unbranched alkanes of at least 4 members (excludes halogenated alkanes) is 1. The molecule has 2 aliphatic rings. The SMILES string of the molecule is CCCCC(=O)N1CCCN(C(=O)c2ccc3c(c2)C(=O)N(C(C)(C)C)C3=O)CC1. The highest BCUT2D eigenvalue weighted by Gasteiger charge is 2.42. The van der Waals surface area contributed by atoms with Gasteiger partial charge in [-0.15, -0.1) is 0 Å². The van der Waals surface area contributed by atoms with E-state index < -0.39 is 5.54 Å². The van der Waals surface area contributed by atoms with Gasteiger partial charge in [-0.05, 0) is 51.8 Å². The summed E-state index contributed by atoms with van der Waals surface area (Å²) in [6.45, 7) is 9.70. The highest BCUT2D eigenvalue weighted by molar-refractivity contribution is 6.22. The van der Waals surface area contributed by atoms with E-state index >= 15 is 0 Å². The maximum Gasteiger partial charge on any atom is 0.262 e. The topological polar surface area (TPSA) is 78.0 Å². The van der Waals surface area contributed by atoms with Crippen LogP contribution in [0.4, 0.5) is 0 Å². The van der Waals surface area contributed by atoms with Crippen molar-refractivity contribution in [3.8, 4) is 0 Å². The Labute approximate surface area is 178 Å². The van der Waals surface area contributed by atoms with Gasteiger partial charge in [0, 0.05) is 43.7 Å². The number of rotatable bonds is 4. The molecular weight excluding hydrogens is 382 g/mol. The number of hydrogen-bond acceptors (Lipinski definition) is 4. The summed E-state index contributed by atoms with van der Waals surface area (Å²) in [5.41, 5.74) is 0.397. The van der Waals surface area contributed by atoms with E-state index in [4.69, 9.17) is 0 Å². The van der Waals surface area contributed by atoms with Gasteiger partial charge in [-0.25, -0.2) is 0 Å². The van der Waals surface area contributed by atoms with Gasteiger partial charge in [-0.3, -0.25) is 24.1 Å². The molecule has 7 heteroatoms. The summed E-state index contributed by atoms with van der Waals surface area (Å²) < 4.78 is 0. The molecule has 2 heterocycles. The molecule has 0 unspecified atom stereocenters. The Morgan fingerprint density at radius 1 is 0.933 bits per heavy atom. The van der Waals surface area contributed by atoms with Gasteiger partial charge in [-0.1, -0.05) is 13.3 Å². The lowest BCUT2D eigenvalue weighted by molar-refractivity contribution is -0.131.